The van der Waals surface area contributed by atoms with Gasteiger partial charge in [0.15, 0.2) is 0 Å². The summed E-state index contributed by atoms with van der Waals surface area (Å²) >= 11 is 0. The topological polar surface area (TPSA) is 32.7 Å². The lowest BCUT2D eigenvalue weighted by Gasteiger charge is -2.11. The molecule has 1 aliphatic heterocycles. The highest BCUT2D eigenvalue weighted by molar-refractivity contribution is 6.15. The van der Waals surface area contributed by atoms with Crippen molar-refractivity contribution in [1.29, 1.82) is 0 Å². The molecule has 1 aromatic carbocycles. The van der Waals surface area contributed by atoms with Gasteiger partial charge in [0.25, 0.3) is 5.91 Å². The molecule has 0 saturated heterocycles. The molecule has 3 heteroatoms. The van der Waals surface area contributed by atoms with E-state index < -0.39 is 0 Å². The molecule has 0 N–H and O–H groups in total. The Hall–Kier alpha value is -1.64. The van der Waals surface area contributed by atoms with Crippen LogP contribution in [0.15, 0.2) is 35.4 Å². The summed E-state index contributed by atoms with van der Waals surface area (Å²) < 4.78 is 0. The lowest BCUT2D eigenvalue weighted by atomic mass is 10.0. The Morgan fingerprint density at radius 1 is 1.33 bits per heavy atom. The zero-order valence-electron chi connectivity index (χ0n) is 8.97. The molecule has 2 rings (SSSR count). The zero-order valence-corrected chi connectivity index (χ0v) is 8.97. The van der Waals surface area contributed by atoms with Crippen molar-refractivity contribution in [2.24, 2.45) is 11.0 Å². The molecule has 1 unspecified atom stereocenters. The van der Waals surface area contributed by atoms with Crippen molar-refractivity contribution >= 4 is 17.3 Å². The van der Waals surface area contributed by atoms with Crippen LogP contribution < -0.4 is 5.01 Å². The van der Waals surface area contributed by atoms with Crippen molar-refractivity contribution < 1.29 is 4.79 Å². The minimum atomic E-state index is -0.0739. The van der Waals surface area contributed by atoms with Crippen molar-refractivity contribution in [3.63, 3.8) is 0 Å². The van der Waals surface area contributed by atoms with Gasteiger partial charge in [0.05, 0.1) is 17.3 Å². The van der Waals surface area contributed by atoms with Crippen molar-refractivity contribution in [3.8, 4) is 0 Å². The summed E-state index contributed by atoms with van der Waals surface area (Å²) in [6.45, 7) is 3.94. The molecule has 15 heavy (non-hydrogen) atoms. The van der Waals surface area contributed by atoms with Crippen LogP contribution in [0.1, 0.15) is 20.3 Å². The molecule has 78 valence electrons. The van der Waals surface area contributed by atoms with Crippen LogP contribution in [0.25, 0.3) is 0 Å². The second kappa shape index (κ2) is 3.85. The molecule has 0 saturated carbocycles. The van der Waals surface area contributed by atoms with Gasteiger partial charge in [0, 0.05) is 0 Å². The van der Waals surface area contributed by atoms with Gasteiger partial charge in [-0.05, 0) is 25.5 Å². The number of hydrogen-bond donors (Lipinski definition) is 0. The molecule has 0 bridgehead atoms. The van der Waals surface area contributed by atoms with Gasteiger partial charge in [-0.1, -0.05) is 25.1 Å². The van der Waals surface area contributed by atoms with E-state index in [-0.39, 0.29) is 11.8 Å². The molecule has 1 aromatic rings. The summed E-state index contributed by atoms with van der Waals surface area (Å²) in [4.78, 5) is 11.9. The normalized spacial score (nSPS) is 20.7. The lowest BCUT2D eigenvalue weighted by molar-refractivity contribution is -0.119. The maximum absolute atomic E-state index is 11.9. The fourth-order valence-corrected chi connectivity index (χ4v) is 1.72. The van der Waals surface area contributed by atoms with Gasteiger partial charge < -0.3 is 0 Å². The van der Waals surface area contributed by atoms with Crippen molar-refractivity contribution in [2.75, 3.05) is 5.01 Å². The second-order valence-electron chi connectivity index (χ2n) is 3.65. The van der Waals surface area contributed by atoms with Gasteiger partial charge in [-0.25, -0.2) is 5.01 Å². The van der Waals surface area contributed by atoms with E-state index in [1.165, 1.54) is 5.01 Å². The van der Waals surface area contributed by atoms with E-state index in [2.05, 4.69) is 5.10 Å². The molecule has 0 spiro atoms. The SMILES string of the molecule is CCC1=NN(c2ccccc2)C(=O)C1C. The number of anilines is 1. The second-order valence-corrected chi connectivity index (χ2v) is 3.65. The molecular formula is C12H14N2O. The average molecular weight is 202 g/mol. The summed E-state index contributed by atoms with van der Waals surface area (Å²) in [6.07, 6.45) is 0.830. The molecule has 1 atom stereocenters. The number of nitrogens with zero attached hydrogens (tertiary/aromatic N) is 2. The lowest BCUT2D eigenvalue weighted by Crippen LogP contribution is -2.25. The van der Waals surface area contributed by atoms with E-state index in [0.29, 0.717) is 0 Å². The van der Waals surface area contributed by atoms with Crippen LogP contribution in [-0.2, 0) is 4.79 Å². The molecule has 0 radical (unpaired) electrons. The fraction of sp³-hybridized carbons (Fsp3) is 0.333. The number of benzene rings is 1. The molecule has 1 heterocycles. The quantitative estimate of drug-likeness (QED) is 0.725. The molecule has 0 aromatic heterocycles. The van der Waals surface area contributed by atoms with Crippen LogP contribution in [-0.4, -0.2) is 11.6 Å². The number of carbonyl (C=O) groups excluding carboxylic acids is 1. The predicted molar refractivity (Wildman–Crippen MR) is 60.8 cm³/mol. The smallest absolute Gasteiger partial charge is 0.255 e. The van der Waals surface area contributed by atoms with Crippen LogP contribution in [0.3, 0.4) is 0 Å². The van der Waals surface area contributed by atoms with Crippen molar-refractivity contribution in [1.82, 2.24) is 0 Å². The first kappa shape index (κ1) is 9.90. The van der Waals surface area contributed by atoms with Gasteiger partial charge in [-0.3, -0.25) is 4.79 Å². The van der Waals surface area contributed by atoms with E-state index in [9.17, 15) is 4.79 Å². The molecule has 0 fully saturated rings. The van der Waals surface area contributed by atoms with E-state index >= 15 is 0 Å². The van der Waals surface area contributed by atoms with Gasteiger partial charge in [0.2, 0.25) is 0 Å². The van der Waals surface area contributed by atoms with E-state index in [1.54, 1.807) is 0 Å². The molecule has 1 amide bonds. The Bertz CT molecular complexity index is 397. The summed E-state index contributed by atoms with van der Waals surface area (Å²) in [6, 6.07) is 9.54. The summed E-state index contributed by atoms with van der Waals surface area (Å²) in [7, 11) is 0. The maximum Gasteiger partial charge on any atom is 0.255 e. The summed E-state index contributed by atoms with van der Waals surface area (Å²) in [5.74, 6) is -0.00624. The number of para-hydroxylation sites is 1. The van der Waals surface area contributed by atoms with Crippen molar-refractivity contribution in [3.05, 3.63) is 30.3 Å². The van der Waals surface area contributed by atoms with Gasteiger partial charge in [0.1, 0.15) is 0 Å². The number of amides is 1. The third-order valence-electron chi connectivity index (χ3n) is 2.67. The Balaban J connectivity index is 2.33. The average Bonchev–Trinajstić information content (AvgIpc) is 2.57. The monoisotopic (exact) mass is 202 g/mol. The number of carbonyl (C=O) groups is 1. The Morgan fingerprint density at radius 3 is 2.53 bits per heavy atom. The van der Waals surface area contributed by atoms with E-state index in [4.69, 9.17) is 0 Å². The van der Waals surface area contributed by atoms with Gasteiger partial charge in [-0.2, -0.15) is 5.10 Å². The number of rotatable bonds is 2. The highest BCUT2D eigenvalue weighted by Crippen LogP contribution is 2.24. The first-order valence-corrected chi connectivity index (χ1v) is 5.20. The highest BCUT2D eigenvalue weighted by atomic mass is 16.2. The molecule has 1 aliphatic rings. The maximum atomic E-state index is 11.9. The van der Waals surface area contributed by atoms with Crippen molar-refractivity contribution in [2.45, 2.75) is 20.3 Å². The Labute approximate surface area is 89.4 Å². The fourth-order valence-electron chi connectivity index (χ4n) is 1.72. The minimum absolute atomic E-state index is 0.0676. The van der Waals surface area contributed by atoms with E-state index in [0.717, 1.165) is 17.8 Å². The highest BCUT2D eigenvalue weighted by Gasteiger charge is 2.31. The largest absolute Gasteiger partial charge is 0.272 e. The van der Waals surface area contributed by atoms with Gasteiger partial charge in [-0.15, -0.1) is 0 Å². The molecule has 0 aliphatic carbocycles. The predicted octanol–water partition coefficient (Wildman–Crippen LogP) is 2.44. The van der Waals surface area contributed by atoms with Crippen LogP contribution >= 0.6 is 0 Å². The Morgan fingerprint density at radius 2 is 2.00 bits per heavy atom. The van der Waals surface area contributed by atoms with Crippen LogP contribution in [0.4, 0.5) is 5.69 Å². The third kappa shape index (κ3) is 1.65. The zero-order chi connectivity index (χ0) is 10.8. The van der Waals surface area contributed by atoms with Crippen LogP contribution in [0, 0.1) is 5.92 Å². The first-order chi connectivity index (χ1) is 7.24. The minimum Gasteiger partial charge on any atom is -0.272 e. The number of hydrogen-bond acceptors (Lipinski definition) is 2. The standard InChI is InChI=1S/C12H14N2O/c1-3-11-9(2)12(15)14(13-11)10-7-5-4-6-8-10/h4-9H,3H2,1-2H3. The van der Waals surface area contributed by atoms with Gasteiger partial charge >= 0.3 is 0 Å². The first-order valence-electron chi connectivity index (χ1n) is 5.20. The van der Waals surface area contributed by atoms with E-state index in [1.807, 2.05) is 44.2 Å². The molecule has 3 nitrogen and oxygen atoms in total. The van der Waals surface area contributed by atoms with Crippen LogP contribution in [0.5, 0.6) is 0 Å². The summed E-state index contributed by atoms with van der Waals surface area (Å²) in [5.41, 5.74) is 1.81. The number of hydrazone groups is 1. The summed E-state index contributed by atoms with van der Waals surface area (Å²) in [5, 5.41) is 5.84. The van der Waals surface area contributed by atoms with Crippen LogP contribution in [0.2, 0.25) is 0 Å². The third-order valence-corrected chi connectivity index (χ3v) is 2.67. The molecular weight excluding hydrogens is 188 g/mol. The Kier molecular flexibility index (Phi) is 2.54.